The SMILES string of the molecule is C=CCOC(=O)C1=C(C)N=C2SC=C(CC(=O)NC3CC3)N2C1c1cccc(OCc2ccccc2)c1. The molecule has 2 aromatic carbocycles. The first kappa shape index (κ1) is 24.9. The number of nitrogens with one attached hydrogen (secondary N) is 1. The normalized spacial score (nSPS) is 18.5. The Hall–Kier alpha value is -3.78. The van der Waals surface area contributed by atoms with Crippen LogP contribution in [-0.2, 0) is 20.9 Å². The molecule has 7 nitrogen and oxygen atoms in total. The number of amidine groups is 1. The maximum Gasteiger partial charge on any atom is 0.338 e. The van der Waals surface area contributed by atoms with Crippen molar-refractivity contribution in [3.63, 3.8) is 0 Å². The van der Waals surface area contributed by atoms with Crippen LogP contribution in [0.3, 0.4) is 0 Å². The van der Waals surface area contributed by atoms with E-state index in [-0.39, 0.29) is 25.0 Å². The number of esters is 1. The Kier molecular flexibility index (Phi) is 7.46. The lowest BCUT2D eigenvalue weighted by molar-refractivity contribution is -0.138. The molecular formula is C29H29N3O4S. The molecule has 37 heavy (non-hydrogen) atoms. The Morgan fingerprint density at radius 2 is 2.00 bits per heavy atom. The highest BCUT2D eigenvalue weighted by molar-refractivity contribution is 8.16. The van der Waals surface area contributed by atoms with Crippen molar-refractivity contribution in [1.82, 2.24) is 10.2 Å². The summed E-state index contributed by atoms with van der Waals surface area (Å²) in [5.74, 6) is 0.196. The van der Waals surface area contributed by atoms with Crippen LogP contribution in [0, 0.1) is 0 Å². The lowest BCUT2D eigenvalue weighted by Gasteiger charge is -2.36. The van der Waals surface area contributed by atoms with Gasteiger partial charge in [0.05, 0.1) is 23.7 Å². The molecule has 1 amide bonds. The van der Waals surface area contributed by atoms with Gasteiger partial charge in [-0.05, 0) is 48.4 Å². The van der Waals surface area contributed by atoms with Crippen LogP contribution >= 0.6 is 11.8 Å². The molecule has 1 saturated carbocycles. The van der Waals surface area contributed by atoms with Gasteiger partial charge in [0, 0.05) is 11.7 Å². The molecule has 190 valence electrons. The summed E-state index contributed by atoms with van der Waals surface area (Å²) in [5.41, 5.74) is 3.72. The van der Waals surface area contributed by atoms with Crippen LogP contribution in [0.5, 0.6) is 5.75 Å². The van der Waals surface area contributed by atoms with Crippen molar-refractivity contribution in [2.24, 2.45) is 4.99 Å². The van der Waals surface area contributed by atoms with Crippen molar-refractivity contribution in [3.05, 3.63) is 101 Å². The minimum atomic E-state index is -0.514. The van der Waals surface area contributed by atoms with E-state index in [2.05, 4.69) is 11.9 Å². The summed E-state index contributed by atoms with van der Waals surface area (Å²) in [5, 5.41) is 5.73. The molecule has 1 N–H and O–H groups in total. The van der Waals surface area contributed by atoms with Gasteiger partial charge in [0.15, 0.2) is 5.17 Å². The summed E-state index contributed by atoms with van der Waals surface area (Å²) >= 11 is 1.46. The highest BCUT2D eigenvalue weighted by atomic mass is 32.2. The maximum atomic E-state index is 13.3. The van der Waals surface area contributed by atoms with Crippen LogP contribution < -0.4 is 10.1 Å². The second kappa shape index (κ2) is 11.1. The fourth-order valence-electron chi connectivity index (χ4n) is 4.34. The number of carbonyl (C=O) groups is 2. The number of hydrogen-bond acceptors (Lipinski definition) is 7. The van der Waals surface area contributed by atoms with Crippen molar-refractivity contribution in [2.45, 2.75) is 44.9 Å². The van der Waals surface area contributed by atoms with Crippen LogP contribution in [0.4, 0.5) is 0 Å². The number of amides is 1. The van der Waals surface area contributed by atoms with E-state index in [9.17, 15) is 9.59 Å². The number of benzene rings is 2. The second-order valence-electron chi connectivity index (χ2n) is 9.15. The molecule has 1 aliphatic carbocycles. The Morgan fingerprint density at radius 1 is 1.19 bits per heavy atom. The van der Waals surface area contributed by atoms with Gasteiger partial charge in [-0.25, -0.2) is 9.79 Å². The van der Waals surface area contributed by atoms with Crippen LogP contribution in [0.1, 0.15) is 43.4 Å². The molecule has 0 saturated heterocycles. The van der Waals surface area contributed by atoms with Gasteiger partial charge in [-0.15, -0.1) is 0 Å². The zero-order valence-electron chi connectivity index (χ0n) is 20.7. The Labute approximate surface area is 220 Å². The molecule has 2 aromatic rings. The Morgan fingerprint density at radius 3 is 2.76 bits per heavy atom. The number of rotatable bonds is 10. The lowest BCUT2D eigenvalue weighted by Crippen LogP contribution is -2.38. The monoisotopic (exact) mass is 515 g/mol. The summed E-state index contributed by atoms with van der Waals surface area (Å²) in [4.78, 5) is 32.6. The number of ether oxygens (including phenoxy) is 2. The molecule has 3 aliphatic rings. The number of nitrogens with zero attached hydrogens (tertiary/aromatic N) is 2. The smallest absolute Gasteiger partial charge is 0.338 e. The zero-order chi connectivity index (χ0) is 25.8. The predicted octanol–water partition coefficient (Wildman–Crippen LogP) is 5.24. The van der Waals surface area contributed by atoms with E-state index >= 15 is 0 Å². The highest BCUT2D eigenvalue weighted by Crippen LogP contribution is 2.45. The number of thioether (sulfide) groups is 1. The Bertz CT molecular complexity index is 1300. The molecule has 2 aliphatic heterocycles. The minimum absolute atomic E-state index is 0.0312. The van der Waals surface area contributed by atoms with Crippen molar-refractivity contribution in [2.75, 3.05) is 6.61 Å². The van der Waals surface area contributed by atoms with Gasteiger partial charge in [0.2, 0.25) is 5.91 Å². The van der Waals surface area contributed by atoms with E-state index in [4.69, 9.17) is 14.5 Å². The van der Waals surface area contributed by atoms with Gasteiger partial charge in [0.25, 0.3) is 0 Å². The first-order chi connectivity index (χ1) is 18.0. The van der Waals surface area contributed by atoms with Crippen molar-refractivity contribution >= 4 is 28.8 Å². The molecular weight excluding hydrogens is 486 g/mol. The van der Waals surface area contributed by atoms with Gasteiger partial charge < -0.3 is 19.7 Å². The average Bonchev–Trinajstić information content (AvgIpc) is 3.64. The van der Waals surface area contributed by atoms with E-state index in [1.807, 2.05) is 71.8 Å². The van der Waals surface area contributed by atoms with Crippen molar-refractivity contribution < 1.29 is 19.1 Å². The average molecular weight is 516 g/mol. The van der Waals surface area contributed by atoms with E-state index < -0.39 is 12.0 Å². The number of aliphatic imine (C=N–C) groups is 1. The summed E-state index contributed by atoms with van der Waals surface area (Å²) in [6.45, 7) is 5.99. The van der Waals surface area contributed by atoms with Crippen LogP contribution in [0.2, 0.25) is 0 Å². The predicted molar refractivity (Wildman–Crippen MR) is 145 cm³/mol. The number of allylic oxidation sites excluding steroid dienone is 1. The maximum absolute atomic E-state index is 13.3. The Balaban J connectivity index is 1.46. The molecule has 2 heterocycles. The van der Waals surface area contributed by atoms with Crippen LogP contribution in [0.25, 0.3) is 0 Å². The van der Waals surface area contributed by atoms with E-state index in [1.165, 1.54) is 17.8 Å². The fraction of sp³-hybridized carbons (Fsp3) is 0.276. The summed E-state index contributed by atoms with van der Waals surface area (Å²) in [6.07, 6.45) is 3.79. The van der Waals surface area contributed by atoms with Gasteiger partial charge in [-0.2, -0.15) is 0 Å². The molecule has 0 bridgehead atoms. The molecule has 1 atom stereocenters. The second-order valence-corrected chi connectivity index (χ2v) is 9.98. The van der Waals surface area contributed by atoms with Gasteiger partial charge in [0.1, 0.15) is 19.0 Å². The quantitative estimate of drug-likeness (QED) is 0.344. The van der Waals surface area contributed by atoms with E-state index in [0.717, 1.165) is 34.8 Å². The fourth-order valence-corrected chi connectivity index (χ4v) is 5.31. The van der Waals surface area contributed by atoms with E-state index in [1.54, 1.807) is 0 Å². The third-order valence-electron chi connectivity index (χ3n) is 6.26. The summed E-state index contributed by atoms with van der Waals surface area (Å²) < 4.78 is 11.6. The van der Waals surface area contributed by atoms with Crippen LogP contribution in [0.15, 0.2) is 94.6 Å². The van der Waals surface area contributed by atoms with Crippen molar-refractivity contribution in [3.8, 4) is 5.75 Å². The van der Waals surface area contributed by atoms with Crippen molar-refractivity contribution in [1.29, 1.82) is 0 Å². The minimum Gasteiger partial charge on any atom is -0.489 e. The lowest BCUT2D eigenvalue weighted by atomic mass is 9.93. The molecule has 8 heteroatoms. The largest absolute Gasteiger partial charge is 0.489 e. The summed E-state index contributed by atoms with van der Waals surface area (Å²) in [7, 11) is 0. The molecule has 1 fully saturated rings. The topological polar surface area (TPSA) is 80.2 Å². The number of carbonyl (C=O) groups excluding carboxylic acids is 2. The first-order valence-electron chi connectivity index (χ1n) is 12.3. The van der Waals surface area contributed by atoms with E-state index in [0.29, 0.717) is 23.6 Å². The molecule has 0 aromatic heterocycles. The van der Waals surface area contributed by atoms with Crippen LogP contribution in [-0.4, -0.2) is 34.6 Å². The summed E-state index contributed by atoms with van der Waals surface area (Å²) in [6, 6.07) is 17.4. The highest BCUT2D eigenvalue weighted by Gasteiger charge is 2.41. The number of hydrogen-bond donors (Lipinski definition) is 1. The molecule has 5 rings (SSSR count). The van der Waals surface area contributed by atoms with Gasteiger partial charge in [-0.1, -0.05) is 66.9 Å². The standard InChI is InChI=1S/C29H29N3O4S/c1-3-14-35-28(34)26-19(2)30-29-32(23(18-37-29)16-25(33)31-22-12-13-22)27(26)21-10-7-11-24(15-21)36-17-20-8-5-4-6-9-20/h3-11,15,18,22,27H,1,12-14,16-17H2,2H3,(H,31,33). The van der Waals surface area contributed by atoms with Gasteiger partial charge >= 0.3 is 5.97 Å². The number of fused-ring (bicyclic) bond motifs is 1. The van der Waals surface area contributed by atoms with Gasteiger partial charge in [-0.3, -0.25) is 4.79 Å². The third kappa shape index (κ3) is 5.80. The zero-order valence-corrected chi connectivity index (χ0v) is 21.5. The third-order valence-corrected chi connectivity index (χ3v) is 7.15. The first-order valence-corrected chi connectivity index (χ1v) is 13.2. The molecule has 0 spiro atoms. The molecule has 0 radical (unpaired) electrons. The molecule has 1 unspecified atom stereocenters.